The topological polar surface area (TPSA) is 63.9 Å². The Morgan fingerprint density at radius 1 is 1.12 bits per heavy atom. The molecule has 2 aliphatic rings. The van der Waals surface area contributed by atoms with Gasteiger partial charge in [0.15, 0.2) is 5.65 Å². The van der Waals surface area contributed by atoms with E-state index in [9.17, 15) is 0 Å². The average molecular weight is 464 g/mol. The van der Waals surface area contributed by atoms with Crippen LogP contribution in [0.2, 0.25) is 0 Å². The molecular weight excluding hydrogens is 426 g/mol. The molecule has 0 amide bonds. The number of hydrogen-bond donors (Lipinski definition) is 1. The molecule has 0 radical (unpaired) electrons. The fourth-order valence-electron chi connectivity index (χ4n) is 5.41. The lowest BCUT2D eigenvalue weighted by Crippen LogP contribution is -2.34. The fourth-order valence-corrected chi connectivity index (χ4v) is 5.41. The zero-order chi connectivity index (χ0) is 23.3. The highest BCUT2D eigenvalue weighted by Gasteiger charge is 2.25. The van der Waals surface area contributed by atoms with Crippen LogP contribution in [0.4, 0.5) is 0 Å². The zero-order valence-electron chi connectivity index (χ0n) is 20.5. The van der Waals surface area contributed by atoms with Gasteiger partial charge in [0.05, 0.1) is 18.5 Å². The van der Waals surface area contributed by atoms with Crippen LogP contribution in [0.1, 0.15) is 54.1 Å². The molecule has 2 saturated heterocycles. The molecular formula is C27H37N5O2. The Kier molecular flexibility index (Phi) is 7.42. The molecule has 0 saturated carbocycles. The van der Waals surface area contributed by atoms with Crippen molar-refractivity contribution in [2.45, 2.75) is 51.6 Å². The van der Waals surface area contributed by atoms with Crippen molar-refractivity contribution in [2.75, 3.05) is 40.0 Å². The highest BCUT2D eigenvalue weighted by atomic mass is 16.5. The molecule has 0 spiro atoms. The predicted molar refractivity (Wildman–Crippen MR) is 133 cm³/mol. The van der Waals surface area contributed by atoms with E-state index in [1.807, 2.05) is 18.3 Å². The Hall–Kier alpha value is -2.48. The molecule has 0 bridgehead atoms. The van der Waals surface area contributed by atoms with Crippen molar-refractivity contribution in [1.82, 2.24) is 24.8 Å². The van der Waals surface area contributed by atoms with Gasteiger partial charge in [-0.1, -0.05) is 12.1 Å². The van der Waals surface area contributed by atoms with Crippen LogP contribution in [-0.2, 0) is 17.8 Å². The Balaban J connectivity index is 1.27. The Morgan fingerprint density at radius 3 is 2.74 bits per heavy atom. The summed E-state index contributed by atoms with van der Waals surface area (Å²) >= 11 is 0. The number of rotatable bonds is 8. The molecule has 2 fully saturated rings. The lowest BCUT2D eigenvalue weighted by molar-refractivity contribution is 0.0662. The molecule has 2 aliphatic heterocycles. The van der Waals surface area contributed by atoms with Gasteiger partial charge >= 0.3 is 0 Å². The van der Waals surface area contributed by atoms with Crippen LogP contribution in [0.15, 0.2) is 36.5 Å². The summed E-state index contributed by atoms with van der Waals surface area (Å²) in [5.74, 6) is 2.07. The van der Waals surface area contributed by atoms with E-state index in [0.29, 0.717) is 11.8 Å². The zero-order valence-corrected chi connectivity index (χ0v) is 20.5. The van der Waals surface area contributed by atoms with Gasteiger partial charge in [-0.3, -0.25) is 4.90 Å². The van der Waals surface area contributed by atoms with Crippen LogP contribution < -0.4 is 10.1 Å². The average Bonchev–Trinajstić information content (AvgIpc) is 3.20. The molecule has 7 nitrogen and oxygen atoms in total. The first-order chi connectivity index (χ1) is 16.7. The van der Waals surface area contributed by atoms with E-state index in [0.717, 1.165) is 75.9 Å². The lowest BCUT2D eigenvalue weighted by atomic mass is 9.94. The lowest BCUT2D eigenvalue weighted by Gasteiger charge is -2.33. The normalized spacial score (nSPS) is 20.1. The second-order valence-electron chi connectivity index (χ2n) is 9.78. The number of benzene rings is 1. The van der Waals surface area contributed by atoms with Crippen molar-refractivity contribution in [2.24, 2.45) is 5.92 Å². The second-order valence-corrected chi connectivity index (χ2v) is 9.78. The number of aromatic nitrogens is 3. The number of hydrogen-bond acceptors (Lipinski definition) is 6. The number of likely N-dealkylation sites (tertiary alicyclic amines) is 1. The van der Waals surface area contributed by atoms with E-state index in [1.54, 1.807) is 7.11 Å². The van der Waals surface area contributed by atoms with Crippen LogP contribution in [-0.4, -0.2) is 59.5 Å². The number of piperidine rings is 1. The van der Waals surface area contributed by atoms with Gasteiger partial charge in [0.2, 0.25) is 0 Å². The predicted octanol–water partition coefficient (Wildman–Crippen LogP) is 3.94. The van der Waals surface area contributed by atoms with Gasteiger partial charge in [0, 0.05) is 50.5 Å². The van der Waals surface area contributed by atoms with Crippen LogP contribution in [0.25, 0.3) is 5.65 Å². The van der Waals surface area contributed by atoms with Crippen molar-refractivity contribution >= 4 is 5.65 Å². The maximum Gasteiger partial charge on any atom is 0.159 e. The second kappa shape index (κ2) is 10.8. The molecule has 3 aromatic rings. The van der Waals surface area contributed by atoms with Crippen LogP contribution >= 0.6 is 0 Å². The highest BCUT2D eigenvalue weighted by Crippen LogP contribution is 2.29. The Labute approximate surface area is 202 Å². The van der Waals surface area contributed by atoms with Crippen LogP contribution in [0, 0.1) is 12.8 Å². The smallest absolute Gasteiger partial charge is 0.159 e. The van der Waals surface area contributed by atoms with E-state index in [4.69, 9.17) is 19.6 Å². The number of ether oxygens (including phenoxy) is 2. The van der Waals surface area contributed by atoms with Gasteiger partial charge in [-0.25, -0.2) is 9.50 Å². The summed E-state index contributed by atoms with van der Waals surface area (Å²) < 4.78 is 12.9. The summed E-state index contributed by atoms with van der Waals surface area (Å²) in [6, 6.07) is 10.6. The van der Waals surface area contributed by atoms with Crippen LogP contribution in [0.3, 0.4) is 0 Å². The van der Waals surface area contributed by atoms with Gasteiger partial charge in [0.25, 0.3) is 0 Å². The highest BCUT2D eigenvalue weighted by molar-refractivity contribution is 5.50. The fraction of sp³-hybridized carbons (Fsp3) is 0.556. The number of fused-ring (bicyclic) bond motifs is 1. The molecule has 1 unspecified atom stereocenters. The van der Waals surface area contributed by atoms with Gasteiger partial charge < -0.3 is 14.8 Å². The first kappa shape index (κ1) is 23.3. The molecule has 7 heteroatoms. The van der Waals surface area contributed by atoms with Crippen molar-refractivity contribution in [1.29, 1.82) is 0 Å². The molecule has 1 N–H and O–H groups in total. The summed E-state index contributed by atoms with van der Waals surface area (Å²) in [6.07, 6.45) is 6.66. The quantitative estimate of drug-likeness (QED) is 0.546. The number of nitrogens with zero attached hydrogens (tertiary/aromatic N) is 4. The third kappa shape index (κ3) is 5.27. The number of nitrogens with one attached hydrogen (secondary N) is 1. The molecule has 34 heavy (non-hydrogen) atoms. The number of aryl methyl sites for hydroxylation is 1. The minimum atomic E-state index is 0.458. The van der Waals surface area contributed by atoms with E-state index in [1.165, 1.54) is 29.7 Å². The maximum absolute atomic E-state index is 5.49. The van der Waals surface area contributed by atoms with Gasteiger partial charge in [-0.05, 0) is 75.4 Å². The van der Waals surface area contributed by atoms with Crippen molar-refractivity contribution in [3.63, 3.8) is 0 Å². The molecule has 1 atom stereocenters. The minimum absolute atomic E-state index is 0.458. The first-order valence-electron chi connectivity index (χ1n) is 12.7. The van der Waals surface area contributed by atoms with E-state index in [-0.39, 0.29) is 0 Å². The summed E-state index contributed by atoms with van der Waals surface area (Å²) in [4.78, 5) is 7.31. The summed E-state index contributed by atoms with van der Waals surface area (Å²) in [7, 11) is 1.71. The molecule has 182 valence electrons. The molecule has 2 aromatic heterocycles. The molecule has 4 heterocycles. The standard InChI is InChI=1S/C27H37N5O2/c1-20-25(17-28-16-21-10-14-34-15-11-21)27-29-12-9-26(32(27)30-20)23-4-3-13-31(19-23)18-22-5-7-24(33-2)8-6-22/h5-9,12,21,23,28H,3-4,10-11,13-19H2,1-2H3. The SMILES string of the molecule is COc1ccc(CN2CCCC(c3ccnc4c(CNCC5CCOCC5)c(C)nn34)C2)cc1. The van der Waals surface area contributed by atoms with E-state index in [2.05, 4.69) is 39.9 Å². The molecule has 1 aromatic carbocycles. The van der Waals surface area contributed by atoms with Gasteiger partial charge in [-0.2, -0.15) is 5.10 Å². The van der Waals surface area contributed by atoms with E-state index >= 15 is 0 Å². The Morgan fingerprint density at radius 2 is 1.94 bits per heavy atom. The summed E-state index contributed by atoms with van der Waals surface area (Å²) in [6.45, 7) is 8.89. The van der Waals surface area contributed by atoms with Crippen molar-refractivity contribution in [3.8, 4) is 5.75 Å². The first-order valence-corrected chi connectivity index (χ1v) is 12.7. The van der Waals surface area contributed by atoms with Gasteiger partial charge in [-0.15, -0.1) is 0 Å². The van der Waals surface area contributed by atoms with Crippen molar-refractivity contribution < 1.29 is 9.47 Å². The Bertz CT molecular complexity index is 1070. The third-order valence-electron chi connectivity index (χ3n) is 7.41. The third-order valence-corrected chi connectivity index (χ3v) is 7.41. The number of methoxy groups -OCH3 is 1. The summed E-state index contributed by atoms with van der Waals surface area (Å²) in [5, 5.41) is 8.61. The van der Waals surface area contributed by atoms with Crippen molar-refractivity contribution in [3.05, 3.63) is 59.0 Å². The largest absolute Gasteiger partial charge is 0.497 e. The molecule has 5 rings (SSSR count). The summed E-state index contributed by atoms with van der Waals surface area (Å²) in [5.41, 5.74) is 5.91. The van der Waals surface area contributed by atoms with E-state index < -0.39 is 0 Å². The molecule has 0 aliphatic carbocycles. The van der Waals surface area contributed by atoms with Gasteiger partial charge in [0.1, 0.15) is 5.75 Å². The van der Waals surface area contributed by atoms with Crippen LogP contribution in [0.5, 0.6) is 5.75 Å². The maximum atomic E-state index is 5.49. The minimum Gasteiger partial charge on any atom is -0.497 e. The monoisotopic (exact) mass is 463 g/mol.